The number of nitrogens with one attached hydrogen (secondary N) is 1. The minimum absolute atomic E-state index is 0.124. The van der Waals surface area contributed by atoms with Crippen LogP contribution in [0.5, 0.6) is 5.75 Å². The molecule has 1 unspecified atom stereocenters. The first-order chi connectivity index (χ1) is 10.1. The van der Waals surface area contributed by atoms with E-state index in [-0.39, 0.29) is 6.10 Å². The van der Waals surface area contributed by atoms with Gasteiger partial charge < -0.3 is 10.1 Å². The van der Waals surface area contributed by atoms with Gasteiger partial charge in [0.2, 0.25) is 0 Å². The van der Waals surface area contributed by atoms with E-state index in [1.165, 1.54) is 0 Å². The monoisotopic (exact) mass is 387 g/mol. The Hall–Kier alpha value is -0.740. The third-order valence-electron chi connectivity index (χ3n) is 3.00. The molecule has 0 saturated heterocycles. The first-order valence-electron chi connectivity index (χ1n) is 6.68. The molecule has 21 heavy (non-hydrogen) atoms. The van der Waals surface area contributed by atoms with Gasteiger partial charge in [-0.2, -0.15) is 0 Å². The van der Waals surface area contributed by atoms with Gasteiger partial charge in [0, 0.05) is 17.1 Å². The van der Waals surface area contributed by atoms with E-state index in [1.807, 2.05) is 30.3 Å². The fourth-order valence-electron chi connectivity index (χ4n) is 1.92. The summed E-state index contributed by atoms with van der Waals surface area (Å²) in [5.41, 5.74) is 1.09. The predicted octanol–water partition coefficient (Wildman–Crippen LogP) is 5.49. The van der Waals surface area contributed by atoms with Gasteiger partial charge in [0.15, 0.2) is 0 Å². The number of ether oxygens (including phenoxy) is 1. The zero-order valence-electron chi connectivity index (χ0n) is 11.6. The first kappa shape index (κ1) is 16.6. The van der Waals surface area contributed by atoms with Crippen LogP contribution in [0.25, 0.3) is 0 Å². The molecule has 1 N–H and O–H groups in total. The van der Waals surface area contributed by atoms with Crippen molar-refractivity contribution in [3.8, 4) is 5.75 Å². The molecule has 2 rings (SSSR count). The molecule has 0 amide bonds. The molecule has 2 aromatic carbocycles. The molecule has 0 aliphatic heterocycles. The van der Waals surface area contributed by atoms with Gasteiger partial charge in [-0.1, -0.05) is 60.5 Å². The van der Waals surface area contributed by atoms with Crippen LogP contribution in [0, 0.1) is 0 Å². The average molecular weight is 389 g/mol. The molecule has 2 nitrogen and oxygen atoms in total. The highest BCUT2D eigenvalue weighted by molar-refractivity contribution is 9.10. The normalized spacial score (nSPS) is 12.2. The number of halogens is 3. The van der Waals surface area contributed by atoms with Crippen molar-refractivity contribution < 1.29 is 4.74 Å². The maximum atomic E-state index is 6.23. The van der Waals surface area contributed by atoms with E-state index in [1.54, 1.807) is 12.1 Å². The average Bonchev–Trinajstić information content (AvgIpc) is 2.49. The van der Waals surface area contributed by atoms with Crippen molar-refractivity contribution in [1.82, 2.24) is 5.32 Å². The van der Waals surface area contributed by atoms with Crippen LogP contribution in [0.3, 0.4) is 0 Å². The summed E-state index contributed by atoms with van der Waals surface area (Å²) in [6.07, 6.45) is -0.124. The SMILES string of the molecule is CCNCC(Oc1cc(Cl)c(Br)cc1Cl)c1ccccc1. The minimum atomic E-state index is -0.124. The summed E-state index contributed by atoms with van der Waals surface area (Å²) in [5.74, 6) is 0.580. The Bertz CT molecular complexity index is 592. The van der Waals surface area contributed by atoms with Crippen molar-refractivity contribution in [2.24, 2.45) is 0 Å². The van der Waals surface area contributed by atoms with Gasteiger partial charge in [-0.15, -0.1) is 0 Å². The molecule has 0 bridgehead atoms. The van der Waals surface area contributed by atoms with Crippen molar-refractivity contribution in [2.45, 2.75) is 13.0 Å². The second-order valence-electron chi connectivity index (χ2n) is 4.52. The Morgan fingerprint density at radius 1 is 1.14 bits per heavy atom. The van der Waals surface area contributed by atoms with Crippen LogP contribution in [0.4, 0.5) is 0 Å². The van der Waals surface area contributed by atoms with E-state index >= 15 is 0 Å². The highest BCUT2D eigenvalue weighted by Gasteiger charge is 2.15. The number of benzene rings is 2. The summed E-state index contributed by atoms with van der Waals surface area (Å²) in [5, 5.41) is 4.41. The van der Waals surface area contributed by atoms with Gasteiger partial charge in [0.25, 0.3) is 0 Å². The van der Waals surface area contributed by atoms with Crippen molar-refractivity contribution in [1.29, 1.82) is 0 Å². The lowest BCUT2D eigenvalue weighted by molar-refractivity contribution is 0.203. The third kappa shape index (κ3) is 4.62. The number of likely N-dealkylation sites (N-methyl/N-ethyl adjacent to an activating group) is 1. The van der Waals surface area contributed by atoms with Gasteiger partial charge in [0.05, 0.1) is 10.0 Å². The van der Waals surface area contributed by atoms with Crippen LogP contribution in [-0.2, 0) is 0 Å². The van der Waals surface area contributed by atoms with E-state index in [2.05, 4.69) is 28.2 Å². The van der Waals surface area contributed by atoms with Gasteiger partial charge in [-0.05, 0) is 34.1 Å². The second-order valence-corrected chi connectivity index (χ2v) is 6.19. The Morgan fingerprint density at radius 3 is 2.52 bits per heavy atom. The lowest BCUT2D eigenvalue weighted by Gasteiger charge is -2.21. The summed E-state index contributed by atoms with van der Waals surface area (Å²) in [6, 6.07) is 13.5. The molecule has 0 fully saturated rings. The maximum absolute atomic E-state index is 6.23. The van der Waals surface area contributed by atoms with E-state index in [0.717, 1.165) is 16.6 Å². The molecular formula is C16H16BrCl2NO. The van der Waals surface area contributed by atoms with Gasteiger partial charge in [0.1, 0.15) is 11.9 Å². The standard InChI is InChI=1S/C16H16BrCl2NO/c1-2-20-10-16(11-6-4-3-5-7-11)21-15-9-13(18)12(17)8-14(15)19/h3-9,16,20H,2,10H2,1H3. The Balaban J connectivity index is 2.25. The summed E-state index contributed by atoms with van der Waals surface area (Å²) in [7, 11) is 0. The molecule has 0 spiro atoms. The van der Waals surface area contributed by atoms with E-state index in [4.69, 9.17) is 27.9 Å². The molecule has 0 aliphatic carbocycles. The number of rotatable bonds is 6. The van der Waals surface area contributed by atoms with Crippen LogP contribution < -0.4 is 10.1 Å². The molecule has 1 atom stereocenters. The van der Waals surface area contributed by atoms with E-state index in [0.29, 0.717) is 22.3 Å². The molecular weight excluding hydrogens is 373 g/mol. The minimum Gasteiger partial charge on any atom is -0.483 e. The van der Waals surface area contributed by atoms with E-state index < -0.39 is 0 Å². The van der Waals surface area contributed by atoms with Gasteiger partial charge in [-0.25, -0.2) is 0 Å². The van der Waals surface area contributed by atoms with Gasteiger partial charge in [-0.3, -0.25) is 0 Å². The largest absolute Gasteiger partial charge is 0.483 e. The summed E-state index contributed by atoms with van der Waals surface area (Å²) in [4.78, 5) is 0. The molecule has 0 aliphatic rings. The fraction of sp³-hybridized carbons (Fsp3) is 0.250. The Morgan fingerprint density at radius 2 is 1.86 bits per heavy atom. The van der Waals surface area contributed by atoms with Gasteiger partial charge >= 0.3 is 0 Å². The first-order valence-corrected chi connectivity index (χ1v) is 8.23. The van der Waals surface area contributed by atoms with Crippen molar-refractivity contribution in [3.05, 3.63) is 62.5 Å². The summed E-state index contributed by atoms with van der Waals surface area (Å²) < 4.78 is 6.82. The van der Waals surface area contributed by atoms with Crippen LogP contribution >= 0.6 is 39.1 Å². The van der Waals surface area contributed by atoms with Crippen LogP contribution in [0.15, 0.2) is 46.9 Å². The third-order valence-corrected chi connectivity index (χ3v) is 4.49. The lowest BCUT2D eigenvalue weighted by Crippen LogP contribution is -2.25. The zero-order valence-corrected chi connectivity index (χ0v) is 14.7. The van der Waals surface area contributed by atoms with Crippen molar-refractivity contribution in [3.63, 3.8) is 0 Å². The smallest absolute Gasteiger partial charge is 0.140 e. The molecule has 0 aromatic heterocycles. The maximum Gasteiger partial charge on any atom is 0.140 e. The summed E-state index contributed by atoms with van der Waals surface area (Å²) >= 11 is 15.7. The highest BCUT2D eigenvalue weighted by Crippen LogP contribution is 2.36. The zero-order chi connectivity index (χ0) is 15.2. The molecule has 0 saturated carbocycles. The molecule has 0 radical (unpaired) electrons. The lowest BCUT2D eigenvalue weighted by atomic mass is 10.1. The highest BCUT2D eigenvalue weighted by atomic mass is 79.9. The Labute approximate surface area is 143 Å². The molecule has 0 heterocycles. The number of hydrogen-bond donors (Lipinski definition) is 1. The predicted molar refractivity (Wildman–Crippen MR) is 92.5 cm³/mol. The van der Waals surface area contributed by atoms with Crippen LogP contribution in [0.2, 0.25) is 10.0 Å². The Kier molecular flexibility index (Phi) is 6.37. The summed E-state index contributed by atoms with van der Waals surface area (Å²) in [6.45, 7) is 3.64. The topological polar surface area (TPSA) is 21.3 Å². The molecule has 112 valence electrons. The van der Waals surface area contributed by atoms with Crippen molar-refractivity contribution >= 4 is 39.1 Å². The number of hydrogen-bond acceptors (Lipinski definition) is 2. The van der Waals surface area contributed by atoms with Crippen LogP contribution in [0.1, 0.15) is 18.6 Å². The quantitative estimate of drug-likeness (QED) is 0.661. The fourth-order valence-corrected chi connectivity index (χ4v) is 2.76. The second kappa shape index (κ2) is 8.04. The van der Waals surface area contributed by atoms with Crippen LogP contribution in [-0.4, -0.2) is 13.1 Å². The molecule has 2 aromatic rings. The van der Waals surface area contributed by atoms with E-state index in [9.17, 15) is 0 Å². The van der Waals surface area contributed by atoms with Crippen molar-refractivity contribution in [2.75, 3.05) is 13.1 Å². The molecule has 5 heteroatoms.